The predicted octanol–water partition coefficient (Wildman–Crippen LogP) is 3.52. The van der Waals surface area contributed by atoms with Gasteiger partial charge in [0, 0.05) is 24.5 Å². The summed E-state index contributed by atoms with van der Waals surface area (Å²) in [6, 6.07) is 10.3. The van der Waals surface area contributed by atoms with Gasteiger partial charge in [0.15, 0.2) is 0 Å². The van der Waals surface area contributed by atoms with Crippen molar-refractivity contribution in [3.8, 4) is 0 Å². The molecule has 0 radical (unpaired) electrons. The minimum absolute atomic E-state index is 0.218. The molecule has 1 aromatic heterocycles. The number of aromatic nitrogens is 2. The van der Waals surface area contributed by atoms with E-state index in [2.05, 4.69) is 20.9 Å². The second kappa shape index (κ2) is 8.53. The largest absolute Gasteiger partial charge is 0.478 e. The molecular weight excluding hydrogens is 428 g/mol. The Kier molecular flexibility index (Phi) is 6.11. The van der Waals surface area contributed by atoms with Gasteiger partial charge in [-0.1, -0.05) is 22.0 Å². The molecule has 0 fully saturated rings. The lowest BCUT2D eigenvalue weighted by atomic mass is 10.0. The molecule has 0 saturated carbocycles. The van der Waals surface area contributed by atoms with Crippen molar-refractivity contribution in [1.29, 1.82) is 0 Å². The predicted molar refractivity (Wildman–Crippen MR) is 107 cm³/mol. The van der Waals surface area contributed by atoms with Crippen molar-refractivity contribution < 1.29 is 24.2 Å². The summed E-state index contributed by atoms with van der Waals surface area (Å²) in [6.07, 6.45) is 0.334. The van der Waals surface area contributed by atoms with E-state index in [0.717, 1.165) is 5.52 Å². The lowest BCUT2D eigenvalue weighted by Gasteiger charge is -2.11. The molecule has 3 rings (SSSR count). The number of carbonyl (C=O) groups is 2. The summed E-state index contributed by atoms with van der Waals surface area (Å²) < 4.78 is 12.6. The lowest BCUT2D eigenvalue weighted by Crippen LogP contribution is -2.11. The van der Waals surface area contributed by atoms with Crippen LogP contribution >= 0.6 is 15.9 Å². The Balaban J connectivity index is 2.10. The van der Waals surface area contributed by atoms with E-state index in [1.165, 1.54) is 7.11 Å². The molecule has 3 aromatic rings. The highest BCUT2D eigenvalue weighted by Gasteiger charge is 2.17. The minimum atomic E-state index is -0.996. The third-order valence-corrected chi connectivity index (χ3v) is 4.91. The molecule has 0 amide bonds. The first-order chi connectivity index (χ1) is 13.4. The standard InChI is InChI=1S/C20H19BrN2O5/c1-27-8-7-23-17-9-13(20(26)28-2)4-6-16(17)22-18(23)10-12-3-5-14(21)11-15(12)19(24)25/h3-6,9,11H,7-8,10H2,1-2H3,(H,24,25). The third-order valence-electron chi connectivity index (χ3n) is 4.42. The number of esters is 1. The van der Waals surface area contributed by atoms with E-state index in [1.807, 2.05) is 4.57 Å². The summed E-state index contributed by atoms with van der Waals surface area (Å²) in [5.74, 6) is -0.730. The van der Waals surface area contributed by atoms with Gasteiger partial charge in [-0.3, -0.25) is 0 Å². The number of imidazole rings is 1. The molecule has 0 unspecified atom stereocenters. The average molecular weight is 447 g/mol. The third kappa shape index (κ3) is 4.07. The van der Waals surface area contributed by atoms with Crippen LogP contribution in [-0.4, -0.2) is 47.4 Å². The van der Waals surface area contributed by atoms with E-state index >= 15 is 0 Å². The van der Waals surface area contributed by atoms with Gasteiger partial charge in [0.1, 0.15) is 5.82 Å². The molecule has 28 heavy (non-hydrogen) atoms. The molecule has 7 nitrogen and oxygen atoms in total. The molecule has 0 atom stereocenters. The second-order valence-electron chi connectivity index (χ2n) is 6.15. The molecule has 2 aromatic carbocycles. The molecule has 0 saturated heterocycles. The first kappa shape index (κ1) is 20.0. The van der Waals surface area contributed by atoms with Crippen LogP contribution in [0.3, 0.4) is 0 Å². The number of carboxylic acid groups (broad SMARTS) is 1. The number of methoxy groups -OCH3 is 2. The second-order valence-corrected chi connectivity index (χ2v) is 7.07. The maximum atomic E-state index is 11.9. The maximum Gasteiger partial charge on any atom is 0.337 e. The highest BCUT2D eigenvalue weighted by Crippen LogP contribution is 2.24. The lowest BCUT2D eigenvalue weighted by molar-refractivity contribution is 0.0600. The van der Waals surface area contributed by atoms with Crippen molar-refractivity contribution in [3.05, 3.63) is 63.4 Å². The van der Waals surface area contributed by atoms with Gasteiger partial charge in [0.25, 0.3) is 0 Å². The summed E-state index contributed by atoms with van der Waals surface area (Å²) in [5.41, 5.74) is 2.78. The summed E-state index contributed by atoms with van der Waals surface area (Å²) in [7, 11) is 2.94. The summed E-state index contributed by atoms with van der Waals surface area (Å²) in [4.78, 5) is 28.2. The molecule has 0 spiro atoms. The maximum absolute atomic E-state index is 11.9. The Morgan fingerprint density at radius 1 is 1.18 bits per heavy atom. The monoisotopic (exact) mass is 446 g/mol. The SMILES string of the molecule is COCCn1c(Cc2ccc(Br)cc2C(=O)O)nc2ccc(C(=O)OC)cc21. The van der Waals surface area contributed by atoms with Crippen LogP contribution in [-0.2, 0) is 22.4 Å². The molecule has 1 heterocycles. The van der Waals surface area contributed by atoms with Gasteiger partial charge < -0.3 is 19.1 Å². The fourth-order valence-electron chi connectivity index (χ4n) is 3.06. The Morgan fingerprint density at radius 2 is 1.96 bits per heavy atom. The number of rotatable bonds is 7. The molecule has 0 aliphatic carbocycles. The van der Waals surface area contributed by atoms with Crippen LogP contribution in [0.4, 0.5) is 0 Å². The van der Waals surface area contributed by atoms with E-state index in [1.54, 1.807) is 43.5 Å². The van der Waals surface area contributed by atoms with Crippen LogP contribution in [0.2, 0.25) is 0 Å². The zero-order valence-electron chi connectivity index (χ0n) is 15.4. The van der Waals surface area contributed by atoms with Gasteiger partial charge in [-0.25, -0.2) is 14.6 Å². The molecule has 1 N–H and O–H groups in total. The molecule has 8 heteroatoms. The van der Waals surface area contributed by atoms with Crippen LogP contribution in [0.15, 0.2) is 40.9 Å². The Labute approximate surface area is 170 Å². The van der Waals surface area contributed by atoms with Crippen molar-refractivity contribution in [3.63, 3.8) is 0 Å². The van der Waals surface area contributed by atoms with Crippen LogP contribution in [0.25, 0.3) is 11.0 Å². The molecule has 0 aliphatic rings. The Morgan fingerprint density at radius 3 is 2.64 bits per heavy atom. The minimum Gasteiger partial charge on any atom is -0.478 e. The van der Waals surface area contributed by atoms with E-state index in [9.17, 15) is 14.7 Å². The summed E-state index contributed by atoms with van der Waals surface area (Å²) >= 11 is 3.31. The van der Waals surface area contributed by atoms with Crippen LogP contribution in [0.5, 0.6) is 0 Å². The first-order valence-corrected chi connectivity index (χ1v) is 9.32. The molecule has 0 aliphatic heterocycles. The fraction of sp³-hybridized carbons (Fsp3) is 0.250. The number of ether oxygens (including phenoxy) is 2. The van der Waals surface area contributed by atoms with E-state index in [0.29, 0.717) is 46.5 Å². The van der Waals surface area contributed by atoms with Gasteiger partial charge in [0.05, 0.1) is 35.9 Å². The first-order valence-electron chi connectivity index (χ1n) is 8.52. The van der Waals surface area contributed by atoms with Crippen LogP contribution in [0, 0.1) is 0 Å². The number of hydrogen-bond acceptors (Lipinski definition) is 5. The number of halogens is 1. The highest BCUT2D eigenvalue weighted by atomic mass is 79.9. The topological polar surface area (TPSA) is 90.6 Å². The van der Waals surface area contributed by atoms with Crippen molar-refractivity contribution >= 4 is 38.9 Å². The molecular formula is C20H19BrN2O5. The number of aromatic carboxylic acids is 1. The van der Waals surface area contributed by atoms with Crippen molar-refractivity contribution in [1.82, 2.24) is 9.55 Å². The van der Waals surface area contributed by atoms with Gasteiger partial charge in [0.2, 0.25) is 0 Å². The van der Waals surface area contributed by atoms with E-state index in [4.69, 9.17) is 9.47 Å². The molecule has 0 bridgehead atoms. The highest BCUT2D eigenvalue weighted by molar-refractivity contribution is 9.10. The Bertz CT molecular complexity index is 1040. The fourth-order valence-corrected chi connectivity index (χ4v) is 3.42. The van der Waals surface area contributed by atoms with Crippen molar-refractivity contribution in [2.75, 3.05) is 20.8 Å². The Hall–Kier alpha value is -2.71. The number of hydrogen-bond donors (Lipinski definition) is 1. The van der Waals surface area contributed by atoms with Crippen LogP contribution < -0.4 is 0 Å². The van der Waals surface area contributed by atoms with Crippen molar-refractivity contribution in [2.45, 2.75) is 13.0 Å². The number of nitrogens with zero attached hydrogens (tertiary/aromatic N) is 2. The van der Waals surface area contributed by atoms with Gasteiger partial charge in [-0.05, 0) is 35.9 Å². The number of carbonyl (C=O) groups excluding carboxylic acids is 1. The normalized spacial score (nSPS) is 11.0. The van der Waals surface area contributed by atoms with Crippen molar-refractivity contribution in [2.24, 2.45) is 0 Å². The number of carboxylic acids is 1. The van der Waals surface area contributed by atoms with Gasteiger partial charge in [-0.2, -0.15) is 0 Å². The number of fused-ring (bicyclic) bond motifs is 1. The average Bonchev–Trinajstić information content (AvgIpc) is 3.03. The quantitative estimate of drug-likeness (QED) is 0.558. The van der Waals surface area contributed by atoms with Gasteiger partial charge >= 0.3 is 11.9 Å². The smallest absolute Gasteiger partial charge is 0.337 e. The van der Waals surface area contributed by atoms with E-state index in [-0.39, 0.29) is 5.56 Å². The summed E-state index contributed by atoms with van der Waals surface area (Å²) in [5, 5.41) is 9.52. The van der Waals surface area contributed by atoms with Crippen LogP contribution in [0.1, 0.15) is 32.1 Å². The zero-order chi connectivity index (χ0) is 20.3. The van der Waals surface area contributed by atoms with E-state index < -0.39 is 11.9 Å². The molecule has 146 valence electrons. The number of benzene rings is 2. The zero-order valence-corrected chi connectivity index (χ0v) is 17.0. The summed E-state index contributed by atoms with van der Waals surface area (Å²) in [6.45, 7) is 0.971. The van der Waals surface area contributed by atoms with Gasteiger partial charge in [-0.15, -0.1) is 0 Å².